The molecule has 0 bridgehead atoms. The first-order chi connectivity index (χ1) is 20.1. The number of sulfonamides is 2. The van der Waals surface area contributed by atoms with Gasteiger partial charge in [0, 0.05) is 16.4 Å². The molecule has 0 spiro atoms. The highest BCUT2D eigenvalue weighted by atomic mass is 35.5. The number of halogens is 5. The van der Waals surface area contributed by atoms with Gasteiger partial charge in [-0.05, 0) is 79.7 Å². The van der Waals surface area contributed by atoms with Crippen LogP contribution in [-0.4, -0.2) is 29.3 Å². The molecular weight excluding hydrogens is 650 g/mol. The molecule has 15 heteroatoms. The first-order valence-corrected chi connectivity index (χ1v) is 15.9. The van der Waals surface area contributed by atoms with E-state index >= 15 is 0 Å². The Hall–Kier alpha value is -3.78. The van der Waals surface area contributed by atoms with Crippen LogP contribution in [0.1, 0.15) is 11.1 Å². The fraction of sp³-hybridized carbons (Fsp3) is 0.107. The number of carbonyl (C=O) groups excluding carboxylic acids is 1. The molecule has 4 rings (SSSR count). The Morgan fingerprint density at radius 3 is 2.07 bits per heavy atom. The summed E-state index contributed by atoms with van der Waals surface area (Å²) < 4.78 is 94.5. The van der Waals surface area contributed by atoms with Crippen molar-refractivity contribution in [3.63, 3.8) is 0 Å². The van der Waals surface area contributed by atoms with E-state index in [9.17, 15) is 34.8 Å². The van der Waals surface area contributed by atoms with Gasteiger partial charge in [0.15, 0.2) is 0 Å². The minimum absolute atomic E-state index is 0.0238. The van der Waals surface area contributed by atoms with Crippen LogP contribution in [0.3, 0.4) is 0 Å². The van der Waals surface area contributed by atoms with E-state index in [2.05, 4.69) is 10.0 Å². The fourth-order valence-corrected chi connectivity index (χ4v) is 6.75. The van der Waals surface area contributed by atoms with Crippen molar-refractivity contribution in [1.29, 1.82) is 0 Å². The van der Waals surface area contributed by atoms with Gasteiger partial charge in [-0.15, -0.1) is 0 Å². The number of hydrogen-bond acceptors (Lipinski definition) is 5. The molecule has 0 saturated carbocycles. The number of anilines is 3. The molecule has 0 saturated heterocycles. The Morgan fingerprint density at radius 1 is 0.814 bits per heavy atom. The van der Waals surface area contributed by atoms with Crippen LogP contribution in [0.15, 0.2) is 101 Å². The predicted octanol–water partition coefficient (Wildman–Crippen LogP) is 6.96. The van der Waals surface area contributed by atoms with E-state index in [0.717, 1.165) is 34.1 Å². The molecule has 0 aliphatic rings. The van der Waals surface area contributed by atoms with Gasteiger partial charge >= 0.3 is 6.18 Å². The van der Waals surface area contributed by atoms with Gasteiger partial charge in [0.25, 0.3) is 20.0 Å². The van der Waals surface area contributed by atoms with Crippen molar-refractivity contribution in [3.05, 3.63) is 112 Å². The quantitative estimate of drug-likeness (QED) is 0.200. The second-order valence-corrected chi connectivity index (χ2v) is 13.6. The fourth-order valence-electron chi connectivity index (χ4n) is 3.84. The Morgan fingerprint density at radius 2 is 1.44 bits per heavy atom. The minimum Gasteiger partial charge on any atom is -0.325 e. The Balaban J connectivity index is 1.55. The number of nitrogens with zero attached hydrogens (tertiary/aromatic N) is 1. The van der Waals surface area contributed by atoms with Crippen LogP contribution in [0.2, 0.25) is 10.0 Å². The average molecular weight is 673 g/mol. The maximum atomic E-state index is 13.6. The van der Waals surface area contributed by atoms with Crippen molar-refractivity contribution >= 4 is 66.2 Å². The highest BCUT2D eigenvalue weighted by Gasteiger charge is 2.31. The van der Waals surface area contributed by atoms with Crippen molar-refractivity contribution in [1.82, 2.24) is 0 Å². The molecular formula is C28H22Cl2F3N3O5S2. The highest BCUT2D eigenvalue weighted by Crippen LogP contribution is 2.34. The third-order valence-corrected chi connectivity index (χ3v) is 9.69. The van der Waals surface area contributed by atoms with Crippen molar-refractivity contribution in [2.24, 2.45) is 0 Å². The number of hydrogen-bond donors (Lipinski definition) is 2. The molecule has 0 radical (unpaired) electrons. The van der Waals surface area contributed by atoms with E-state index < -0.39 is 44.2 Å². The first kappa shape index (κ1) is 32.1. The lowest BCUT2D eigenvalue weighted by molar-refractivity contribution is -0.137. The van der Waals surface area contributed by atoms with E-state index in [1.165, 1.54) is 48.5 Å². The van der Waals surface area contributed by atoms with Crippen LogP contribution in [0, 0.1) is 6.92 Å². The van der Waals surface area contributed by atoms with Gasteiger partial charge in [-0.3, -0.25) is 13.8 Å². The van der Waals surface area contributed by atoms with Crippen LogP contribution in [0.4, 0.5) is 30.2 Å². The van der Waals surface area contributed by atoms with Crippen LogP contribution < -0.4 is 14.3 Å². The third kappa shape index (κ3) is 7.79. The number of benzene rings is 4. The number of nitrogens with one attached hydrogen (secondary N) is 2. The lowest BCUT2D eigenvalue weighted by Crippen LogP contribution is -2.38. The summed E-state index contributed by atoms with van der Waals surface area (Å²) in [5.41, 5.74) is -0.413. The number of alkyl halides is 3. The van der Waals surface area contributed by atoms with E-state index in [0.29, 0.717) is 6.07 Å². The Kier molecular flexibility index (Phi) is 9.30. The zero-order chi connectivity index (χ0) is 31.6. The molecule has 1 amide bonds. The van der Waals surface area contributed by atoms with Gasteiger partial charge in [-0.1, -0.05) is 47.0 Å². The van der Waals surface area contributed by atoms with Crippen LogP contribution >= 0.6 is 23.2 Å². The molecule has 4 aromatic carbocycles. The average Bonchev–Trinajstić information content (AvgIpc) is 2.93. The number of aryl methyl sites for hydroxylation is 1. The summed E-state index contributed by atoms with van der Waals surface area (Å²) >= 11 is 12.4. The molecule has 0 atom stereocenters. The maximum absolute atomic E-state index is 13.6. The third-order valence-electron chi connectivity index (χ3n) is 5.96. The SMILES string of the molecule is Cc1ccc(S(=O)(=O)N(CC(=O)Nc2ccc(S(=O)(=O)Nc3cccc(C(F)(F)F)c3)cc2)c2cc(Cl)ccc2Cl)cc1. The van der Waals surface area contributed by atoms with E-state index in [4.69, 9.17) is 23.2 Å². The number of rotatable bonds is 9. The summed E-state index contributed by atoms with van der Waals surface area (Å²) in [6, 6.07) is 18.6. The van der Waals surface area contributed by atoms with Crippen molar-refractivity contribution in [2.75, 3.05) is 20.9 Å². The van der Waals surface area contributed by atoms with Gasteiger partial charge in [0.05, 0.1) is 26.1 Å². The molecule has 4 aromatic rings. The smallest absolute Gasteiger partial charge is 0.325 e. The summed E-state index contributed by atoms with van der Waals surface area (Å²) in [6.07, 6.45) is -4.66. The lowest BCUT2D eigenvalue weighted by atomic mass is 10.2. The molecule has 43 heavy (non-hydrogen) atoms. The van der Waals surface area contributed by atoms with Gasteiger partial charge in [-0.2, -0.15) is 13.2 Å². The summed E-state index contributed by atoms with van der Waals surface area (Å²) in [6.45, 7) is 1.07. The number of carbonyl (C=O) groups is 1. The van der Waals surface area contributed by atoms with Crippen LogP contribution in [-0.2, 0) is 31.0 Å². The molecule has 2 N–H and O–H groups in total. The molecule has 226 valence electrons. The molecule has 0 aromatic heterocycles. The van der Waals surface area contributed by atoms with Crippen LogP contribution in [0.25, 0.3) is 0 Å². The van der Waals surface area contributed by atoms with E-state index in [1.54, 1.807) is 19.1 Å². The Bertz CT molecular complexity index is 1870. The van der Waals surface area contributed by atoms with Gasteiger partial charge < -0.3 is 5.32 Å². The summed E-state index contributed by atoms with van der Waals surface area (Å²) in [7, 11) is -8.58. The highest BCUT2D eigenvalue weighted by molar-refractivity contribution is 7.93. The molecule has 0 aliphatic heterocycles. The standard InChI is InChI=1S/C28H22Cl2F3N3O5S2/c1-18-5-10-24(11-6-18)43(40,41)36(26-16-20(29)7-14-25(26)30)17-27(37)34-21-8-12-23(13-9-21)42(38,39)35-22-4-2-3-19(15-22)28(31,32)33/h2-16,35H,17H2,1H3,(H,34,37). The van der Waals surface area contributed by atoms with E-state index in [-0.39, 0.29) is 36.9 Å². The summed E-state index contributed by atoms with van der Waals surface area (Å²) in [4.78, 5) is 12.7. The second-order valence-electron chi connectivity index (χ2n) is 9.18. The predicted molar refractivity (Wildman–Crippen MR) is 159 cm³/mol. The normalized spacial score (nSPS) is 12.0. The first-order valence-electron chi connectivity index (χ1n) is 12.2. The maximum Gasteiger partial charge on any atom is 0.416 e. The minimum atomic E-state index is -4.66. The molecule has 0 aliphatic carbocycles. The van der Waals surface area contributed by atoms with Gasteiger partial charge in [0.2, 0.25) is 5.91 Å². The summed E-state index contributed by atoms with van der Waals surface area (Å²) in [5.74, 6) is -0.788. The largest absolute Gasteiger partial charge is 0.416 e. The molecule has 0 heterocycles. The van der Waals surface area contributed by atoms with Gasteiger partial charge in [-0.25, -0.2) is 16.8 Å². The summed E-state index contributed by atoms with van der Waals surface area (Å²) in [5, 5.41) is 2.70. The zero-order valence-corrected chi connectivity index (χ0v) is 25.2. The van der Waals surface area contributed by atoms with Crippen LogP contribution in [0.5, 0.6) is 0 Å². The van der Waals surface area contributed by atoms with Crippen molar-refractivity contribution in [3.8, 4) is 0 Å². The Labute approximate surface area is 256 Å². The molecule has 0 unspecified atom stereocenters. The van der Waals surface area contributed by atoms with Crippen molar-refractivity contribution < 1.29 is 34.8 Å². The number of amides is 1. The molecule has 8 nitrogen and oxygen atoms in total. The van der Waals surface area contributed by atoms with Gasteiger partial charge in [0.1, 0.15) is 6.54 Å². The molecule has 0 fully saturated rings. The second kappa shape index (κ2) is 12.4. The lowest BCUT2D eigenvalue weighted by Gasteiger charge is -2.25. The topological polar surface area (TPSA) is 113 Å². The van der Waals surface area contributed by atoms with Crippen molar-refractivity contribution in [2.45, 2.75) is 22.9 Å². The monoisotopic (exact) mass is 671 g/mol. The zero-order valence-electron chi connectivity index (χ0n) is 22.1. The van der Waals surface area contributed by atoms with E-state index in [1.807, 2.05) is 0 Å².